The Morgan fingerprint density at radius 1 is 0.727 bits per heavy atom. The number of anilines is 2. The van der Waals surface area contributed by atoms with Gasteiger partial charge in [0.1, 0.15) is 0 Å². The minimum atomic E-state index is 0.0448. The molecule has 0 aliphatic heterocycles. The van der Waals surface area contributed by atoms with Gasteiger partial charge in [0.2, 0.25) is 0 Å². The van der Waals surface area contributed by atoms with Crippen LogP contribution in [0.1, 0.15) is 0 Å². The SMILES string of the molecule is O=c1c2ccccc2[nH]c2cccc(Nc3ccccc3)c12. The molecule has 4 aromatic rings. The van der Waals surface area contributed by atoms with Crippen molar-refractivity contribution in [2.45, 2.75) is 0 Å². The topological polar surface area (TPSA) is 44.9 Å². The van der Waals surface area contributed by atoms with Crippen molar-refractivity contribution in [3.05, 3.63) is 83.0 Å². The number of benzene rings is 3. The number of hydrogen-bond donors (Lipinski definition) is 2. The van der Waals surface area contributed by atoms with Gasteiger partial charge in [-0.25, -0.2) is 0 Å². The van der Waals surface area contributed by atoms with Crippen LogP contribution in [0, 0.1) is 0 Å². The number of aromatic nitrogens is 1. The lowest BCUT2D eigenvalue weighted by atomic mass is 10.1. The summed E-state index contributed by atoms with van der Waals surface area (Å²) >= 11 is 0. The highest BCUT2D eigenvalue weighted by Gasteiger charge is 2.09. The Morgan fingerprint density at radius 3 is 2.32 bits per heavy atom. The number of nitrogens with one attached hydrogen (secondary N) is 2. The van der Waals surface area contributed by atoms with Crippen LogP contribution in [0.25, 0.3) is 21.8 Å². The van der Waals surface area contributed by atoms with Crippen LogP contribution < -0.4 is 10.7 Å². The lowest BCUT2D eigenvalue weighted by molar-refractivity contribution is 1.47. The summed E-state index contributed by atoms with van der Waals surface area (Å²) in [5.41, 5.74) is 3.52. The van der Waals surface area contributed by atoms with E-state index >= 15 is 0 Å². The first-order valence-corrected chi connectivity index (χ1v) is 7.19. The van der Waals surface area contributed by atoms with Crippen molar-refractivity contribution in [3.8, 4) is 0 Å². The van der Waals surface area contributed by atoms with Crippen molar-refractivity contribution >= 4 is 33.2 Å². The lowest BCUT2D eigenvalue weighted by Crippen LogP contribution is -2.06. The molecule has 0 spiro atoms. The van der Waals surface area contributed by atoms with Crippen molar-refractivity contribution in [3.63, 3.8) is 0 Å². The first-order valence-electron chi connectivity index (χ1n) is 7.19. The zero-order chi connectivity index (χ0) is 14.9. The molecule has 0 unspecified atom stereocenters. The predicted molar refractivity (Wildman–Crippen MR) is 91.8 cm³/mol. The summed E-state index contributed by atoms with van der Waals surface area (Å²) in [7, 11) is 0. The van der Waals surface area contributed by atoms with Crippen molar-refractivity contribution in [2.24, 2.45) is 0 Å². The molecule has 0 amide bonds. The highest BCUT2D eigenvalue weighted by molar-refractivity contribution is 6.00. The van der Waals surface area contributed by atoms with Gasteiger partial charge in [-0.15, -0.1) is 0 Å². The van der Waals surface area contributed by atoms with Crippen LogP contribution in [0.5, 0.6) is 0 Å². The van der Waals surface area contributed by atoms with E-state index in [9.17, 15) is 4.79 Å². The monoisotopic (exact) mass is 286 g/mol. The molecule has 0 radical (unpaired) electrons. The molecule has 4 rings (SSSR count). The Labute approximate surface area is 127 Å². The maximum atomic E-state index is 12.8. The van der Waals surface area contributed by atoms with E-state index in [4.69, 9.17) is 0 Å². The van der Waals surface area contributed by atoms with Crippen molar-refractivity contribution < 1.29 is 0 Å². The van der Waals surface area contributed by atoms with E-state index in [2.05, 4.69) is 10.3 Å². The van der Waals surface area contributed by atoms with Gasteiger partial charge in [-0.3, -0.25) is 4.79 Å². The van der Waals surface area contributed by atoms with Crippen molar-refractivity contribution in [1.82, 2.24) is 4.98 Å². The van der Waals surface area contributed by atoms with Crippen LogP contribution in [0.2, 0.25) is 0 Å². The average molecular weight is 286 g/mol. The first-order chi connectivity index (χ1) is 10.8. The Balaban J connectivity index is 2.00. The molecule has 0 saturated heterocycles. The van der Waals surface area contributed by atoms with E-state index < -0.39 is 0 Å². The van der Waals surface area contributed by atoms with Crippen molar-refractivity contribution in [2.75, 3.05) is 5.32 Å². The molecule has 3 heteroatoms. The second-order valence-corrected chi connectivity index (χ2v) is 5.22. The van der Waals surface area contributed by atoms with Gasteiger partial charge in [-0.05, 0) is 36.4 Å². The molecule has 1 heterocycles. The summed E-state index contributed by atoms with van der Waals surface area (Å²) < 4.78 is 0. The molecule has 0 aliphatic carbocycles. The summed E-state index contributed by atoms with van der Waals surface area (Å²) in [5.74, 6) is 0. The van der Waals surface area contributed by atoms with E-state index in [-0.39, 0.29) is 5.43 Å². The Morgan fingerprint density at radius 2 is 1.45 bits per heavy atom. The number of aromatic amines is 1. The standard InChI is InChI=1S/C19H14N2O/c22-19-14-9-4-5-10-15(14)21-17-12-6-11-16(18(17)19)20-13-7-2-1-3-8-13/h1-12,20H,(H,21,22). The quantitative estimate of drug-likeness (QED) is 0.536. The number of hydrogen-bond acceptors (Lipinski definition) is 2. The molecule has 3 nitrogen and oxygen atoms in total. The first kappa shape index (κ1) is 12.7. The Bertz CT molecular complexity index is 1020. The molecular weight excluding hydrogens is 272 g/mol. The summed E-state index contributed by atoms with van der Waals surface area (Å²) in [6, 6.07) is 23.3. The number of para-hydroxylation sites is 2. The third kappa shape index (κ3) is 2.04. The fraction of sp³-hybridized carbons (Fsp3) is 0. The molecule has 0 saturated carbocycles. The second-order valence-electron chi connectivity index (χ2n) is 5.22. The van der Waals surface area contributed by atoms with Crippen LogP contribution in [0.4, 0.5) is 11.4 Å². The molecule has 3 aromatic carbocycles. The predicted octanol–water partition coefficient (Wildman–Crippen LogP) is 4.42. The van der Waals surface area contributed by atoms with Gasteiger partial charge in [0.25, 0.3) is 0 Å². The van der Waals surface area contributed by atoms with E-state index in [0.29, 0.717) is 10.8 Å². The normalized spacial score (nSPS) is 10.9. The second kappa shape index (κ2) is 5.04. The summed E-state index contributed by atoms with van der Waals surface area (Å²) in [5, 5.41) is 4.72. The summed E-state index contributed by atoms with van der Waals surface area (Å²) in [4.78, 5) is 16.2. The zero-order valence-corrected chi connectivity index (χ0v) is 11.8. The Hall–Kier alpha value is -3.07. The van der Waals surface area contributed by atoms with Gasteiger partial charge in [0.15, 0.2) is 5.43 Å². The molecule has 0 bridgehead atoms. The van der Waals surface area contributed by atoms with Gasteiger partial charge in [0, 0.05) is 16.6 Å². The third-order valence-corrected chi connectivity index (χ3v) is 3.79. The number of rotatable bonds is 2. The lowest BCUT2D eigenvalue weighted by Gasteiger charge is -2.10. The third-order valence-electron chi connectivity index (χ3n) is 3.79. The average Bonchev–Trinajstić information content (AvgIpc) is 2.56. The molecule has 0 atom stereocenters. The van der Waals surface area contributed by atoms with Crippen LogP contribution in [0.3, 0.4) is 0 Å². The molecule has 1 aromatic heterocycles. The van der Waals surface area contributed by atoms with Gasteiger partial charge in [-0.1, -0.05) is 36.4 Å². The highest BCUT2D eigenvalue weighted by Crippen LogP contribution is 2.24. The zero-order valence-electron chi connectivity index (χ0n) is 11.8. The van der Waals surface area contributed by atoms with Gasteiger partial charge in [0.05, 0.1) is 16.6 Å². The fourth-order valence-electron chi connectivity index (χ4n) is 2.75. The highest BCUT2D eigenvalue weighted by atomic mass is 16.1. The van der Waals surface area contributed by atoms with Gasteiger partial charge in [-0.2, -0.15) is 0 Å². The molecule has 0 aliphatic rings. The van der Waals surface area contributed by atoms with Gasteiger partial charge >= 0.3 is 0 Å². The number of pyridine rings is 1. The molecule has 106 valence electrons. The van der Waals surface area contributed by atoms with E-state index in [1.807, 2.05) is 72.8 Å². The van der Waals surface area contributed by atoms with Crippen molar-refractivity contribution in [1.29, 1.82) is 0 Å². The summed E-state index contributed by atoms with van der Waals surface area (Å²) in [6.07, 6.45) is 0. The summed E-state index contributed by atoms with van der Waals surface area (Å²) in [6.45, 7) is 0. The maximum absolute atomic E-state index is 12.8. The van der Waals surface area contributed by atoms with Gasteiger partial charge < -0.3 is 10.3 Å². The Kier molecular flexibility index (Phi) is 2.90. The van der Waals surface area contributed by atoms with Crippen LogP contribution >= 0.6 is 0 Å². The number of fused-ring (bicyclic) bond motifs is 2. The van der Waals surface area contributed by atoms with E-state index in [1.165, 1.54) is 0 Å². The molecule has 22 heavy (non-hydrogen) atoms. The van der Waals surface area contributed by atoms with E-state index in [1.54, 1.807) is 0 Å². The van der Waals surface area contributed by atoms with Crippen LogP contribution in [-0.4, -0.2) is 4.98 Å². The van der Waals surface area contributed by atoms with Crippen LogP contribution in [-0.2, 0) is 0 Å². The largest absolute Gasteiger partial charge is 0.355 e. The molecule has 2 N–H and O–H groups in total. The maximum Gasteiger partial charge on any atom is 0.199 e. The van der Waals surface area contributed by atoms with E-state index in [0.717, 1.165) is 22.4 Å². The smallest absolute Gasteiger partial charge is 0.199 e. The molecular formula is C19H14N2O. The van der Waals surface area contributed by atoms with Crippen LogP contribution in [0.15, 0.2) is 77.6 Å². The fourth-order valence-corrected chi connectivity index (χ4v) is 2.75. The minimum absolute atomic E-state index is 0.0448. The molecule has 0 fully saturated rings. The number of H-pyrrole nitrogens is 1. The minimum Gasteiger partial charge on any atom is -0.355 e.